The number of anilines is 2. The number of benzene rings is 2. The Morgan fingerprint density at radius 3 is 2.27 bits per heavy atom. The van der Waals surface area contributed by atoms with Gasteiger partial charge in [0.25, 0.3) is 5.91 Å². The number of carbonyl (C=O) groups excluding carboxylic acids is 2. The van der Waals surface area contributed by atoms with E-state index >= 15 is 0 Å². The molecule has 0 bridgehead atoms. The van der Waals surface area contributed by atoms with Crippen LogP contribution in [0.1, 0.15) is 30.0 Å². The van der Waals surface area contributed by atoms with E-state index in [-0.39, 0.29) is 18.2 Å². The second-order valence-electron chi connectivity index (χ2n) is 6.67. The molecule has 5 heteroatoms. The lowest BCUT2D eigenvalue weighted by Gasteiger charge is -2.19. The lowest BCUT2D eigenvalue weighted by atomic mass is 10.0. The molecule has 1 saturated heterocycles. The van der Waals surface area contributed by atoms with Crippen LogP contribution in [0, 0.1) is 20.8 Å². The largest absolute Gasteiger partial charge is 0.494 e. The van der Waals surface area contributed by atoms with Crippen molar-refractivity contribution in [2.75, 3.05) is 16.8 Å². The fourth-order valence-electron chi connectivity index (χ4n) is 3.46. The van der Waals surface area contributed by atoms with Gasteiger partial charge in [-0.3, -0.25) is 9.59 Å². The van der Waals surface area contributed by atoms with Crippen LogP contribution in [-0.2, 0) is 9.59 Å². The fourth-order valence-corrected chi connectivity index (χ4v) is 3.46. The zero-order chi connectivity index (χ0) is 18.8. The third-order valence-corrected chi connectivity index (χ3v) is 4.55. The molecule has 26 heavy (non-hydrogen) atoms. The highest BCUT2D eigenvalue weighted by Crippen LogP contribution is 2.29. The quantitative estimate of drug-likeness (QED) is 0.833. The molecule has 1 heterocycles. The molecule has 0 aromatic heterocycles. The van der Waals surface area contributed by atoms with Crippen molar-refractivity contribution in [1.29, 1.82) is 0 Å². The molecule has 1 atom stereocenters. The maximum Gasteiger partial charge on any atom is 0.256 e. The lowest BCUT2D eigenvalue weighted by Crippen LogP contribution is -2.35. The monoisotopic (exact) mass is 352 g/mol. The number of ether oxygens (including phenoxy) is 1. The molecule has 2 aromatic carbocycles. The Morgan fingerprint density at radius 2 is 1.69 bits per heavy atom. The Hall–Kier alpha value is -2.82. The van der Waals surface area contributed by atoms with Crippen LogP contribution in [0.2, 0.25) is 0 Å². The molecule has 1 aliphatic rings. The number of aryl methyl sites for hydroxylation is 3. The normalized spacial score (nSPS) is 16.9. The van der Waals surface area contributed by atoms with E-state index < -0.39 is 6.04 Å². The van der Waals surface area contributed by atoms with Crippen LogP contribution in [0.5, 0.6) is 5.75 Å². The second-order valence-corrected chi connectivity index (χ2v) is 6.67. The first-order valence-electron chi connectivity index (χ1n) is 8.84. The van der Waals surface area contributed by atoms with Gasteiger partial charge in [0, 0.05) is 5.69 Å². The van der Waals surface area contributed by atoms with Gasteiger partial charge in [0.05, 0.1) is 18.7 Å². The topological polar surface area (TPSA) is 58.6 Å². The Balaban J connectivity index is 1.81. The van der Waals surface area contributed by atoms with Crippen molar-refractivity contribution in [3.05, 3.63) is 53.1 Å². The predicted molar refractivity (Wildman–Crippen MR) is 103 cm³/mol. The molecule has 5 nitrogen and oxygen atoms in total. The van der Waals surface area contributed by atoms with Gasteiger partial charge in [-0.05, 0) is 63.1 Å². The standard InChI is InChI=1S/C21H24N2O3/c1-5-26-17-8-6-16(7-9-17)23-19(24)12-18(21(23)25)22-20-14(3)10-13(2)11-15(20)4/h6-11,18,22H,5,12H2,1-4H3/t18-/m0/s1. The molecule has 1 aliphatic heterocycles. The average Bonchev–Trinajstić information content (AvgIpc) is 2.86. The molecule has 2 amide bonds. The number of imide groups is 1. The molecule has 2 aromatic rings. The number of hydrogen-bond donors (Lipinski definition) is 1. The van der Waals surface area contributed by atoms with Crippen molar-refractivity contribution in [2.45, 2.75) is 40.2 Å². The first-order valence-corrected chi connectivity index (χ1v) is 8.84. The van der Waals surface area contributed by atoms with Gasteiger partial charge in [0.1, 0.15) is 11.8 Å². The summed E-state index contributed by atoms with van der Waals surface area (Å²) < 4.78 is 5.41. The van der Waals surface area contributed by atoms with E-state index in [0.717, 1.165) is 22.6 Å². The number of nitrogens with one attached hydrogen (secondary N) is 1. The van der Waals surface area contributed by atoms with Crippen molar-refractivity contribution >= 4 is 23.2 Å². The van der Waals surface area contributed by atoms with Crippen molar-refractivity contribution in [1.82, 2.24) is 0 Å². The van der Waals surface area contributed by atoms with Crippen LogP contribution in [0.4, 0.5) is 11.4 Å². The molecular weight excluding hydrogens is 328 g/mol. The van der Waals surface area contributed by atoms with Crippen LogP contribution in [0.3, 0.4) is 0 Å². The Labute approximate surface area is 154 Å². The van der Waals surface area contributed by atoms with Crippen LogP contribution in [-0.4, -0.2) is 24.5 Å². The summed E-state index contributed by atoms with van der Waals surface area (Å²) in [5.74, 6) is 0.300. The Bertz CT molecular complexity index is 820. The van der Waals surface area contributed by atoms with E-state index in [1.807, 2.05) is 27.7 Å². The summed E-state index contributed by atoms with van der Waals surface area (Å²) in [6.07, 6.45) is 0.152. The molecule has 0 aliphatic carbocycles. The zero-order valence-corrected chi connectivity index (χ0v) is 15.6. The van der Waals surface area contributed by atoms with Crippen LogP contribution in [0.15, 0.2) is 36.4 Å². The minimum atomic E-state index is -0.547. The summed E-state index contributed by atoms with van der Waals surface area (Å²) in [6.45, 7) is 8.54. The molecule has 0 saturated carbocycles. The third kappa shape index (κ3) is 3.43. The number of rotatable bonds is 5. The van der Waals surface area contributed by atoms with Gasteiger partial charge in [-0.15, -0.1) is 0 Å². The molecule has 136 valence electrons. The van der Waals surface area contributed by atoms with Gasteiger partial charge in [0.2, 0.25) is 5.91 Å². The third-order valence-electron chi connectivity index (χ3n) is 4.55. The summed E-state index contributed by atoms with van der Waals surface area (Å²) in [5.41, 5.74) is 4.82. The average molecular weight is 352 g/mol. The predicted octanol–water partition coefficient (Wildman–Crippen LogP) is 3.75. The highest BCUT2D eigenvalue weighted by atomic mass is 16.5. The van der Waals surface area contributed by atoms with E-state index in [2.05, 4.69) is 17.4 Å². The molecule has 0 unspecified atom stereocenters. The summed E-state index contributed by atoms with van der Waals surface area (Å²) in [4.78, 5) is 26.5. The highest BCUT2D eigenvalue weighted by molar-refractivity contribution is 6.23. The zero-order valence-electron chi connectivity index (χ0n) is 15.6. The number of nitrogens with zero attached hydrogens (tertiary/aromatic N) is 1. The first-order chi connectivity index (χ1) is 12.4. The molecule has 0 spiro atoms. The van der Waals surface area contributed by atoms with E-state index in [0.29, 0.717) is 12.3 Å². The van der Waals surface area contributed by atoms with Crippen LogP contribution in [0.25, 0.3) is 0 Å². The van der Waals surface area contributed by atoms with E-state index in [1.165, 1.54) is 10.5 Å². The maximum absolute atomic E-state index is 12.8. The summed E-state index contributed by atoms with van der Waals surface area (Å²) >= 11 is 0. The lowest BCUT2D eigenvalue weighted by molar-refractivity contribution is -0.121. The number of hydrogen-bond acceptors (Lipinski definition) is 4. The fraction of sp³-hybridized carbons (Fsp3) is 0.333. The van der Waals surface area contributed by atoms with Crippen molar-refractivity contribution in [2.24, 2.45) is 0 Å². The van der Waals surface area contributed by atoms with Gasteiger partial charge in [0.15, 0.2) is 0 Å². The number of amides is 2. The van der Waals surface area contributed by atoms with E-state index in [1.54, 1.807) is 24.3 Å². The van der Waals surface area contributed by atoms with Crippen molar-refractivity contribution in [3.8, 4) is 5.75 Å². The van der Waals surface area contributed by atoms with Gasteiger partial charge < -0.3 is 10.1 Å². The summed E-state index contributed by atoms with van der Waals surface area (Å²) in [7, 11) is 0. The van der Waals surface area contributed by atoms with Crippen molar-refractivity contribution in [3.63, 3.8) is 0 Å². The number of carbonyl (C=O) groups is 2. The highest BCUT2D eigenvalue weighted by Gasteiger charge is 2.39. The molecule has 1 fully saturated rings. The van der Waals surface area contributed by atoms with Gasteiger partial charge >= 0.3 is 0 Å². The van der Waals surface area contributed by atoms with Crippen LogP contribution >= 0.6 is 0 Å². The summed E-state index contributed by atoms with van der Waals surface area (Å²) in [5, 5.41) is 3.28. The Kier molecular flexibility index (Phi) is 4.98. The minimum Gasteiger partial charge on any atom is -0.494 e. The van der Waals surface area contributed by atoms with E-state index in [4.69, 9.17) is 4.74 Å². The van der Waals surface area contributed by atoms with Gasteiger partial charge in [-0.25, -0.2) is 4.90 Å². The van der Waals surface area contributed by atoms with Gasteiger partial charge in [-0.2, -0.15) is 0 Å². The smallest absolute Gasteiger partial charge is 0.256 e. The maximum atomic E-state index is 12.8. The van der Waals surface area contributed by atoms with Crippen molar-refractivity contribution < 1.29 is 14.3 Å². The molecule has 1 N–H and O–H groups in total. The minimum absolute atomic E-state index is 0.152. The van der Waals surface area contributed by atoms with Crippen LogP contribution < -0.4 is 15.0 Å². The summed E-state index contributed by atoms with van der Waals surface area (Å²) in [6, 6.07) is 10.6. The van der Waals surface area contributed by atoms with Gasteiger partial charge in [-0.1, -0.05) is 17.7 Å². The molecule has 0 radical (unpaired) electrons. The second kappa shape index (κ2) is 7.20. The molecule has 3 rings (SSSR count). The molecular formula is C21H24N2O3. The Morgan fingerprint density at radius 1 is 1.08 bits per heavy atom. The van der Waals surface area contributed by atoms with E-state index in [9.17, 15) is 9.59 Å². The SMILES string of the molecule is CCOc1ccc(N2C(=O)C[C@H](Nc3c(C)cc(C)cc3C)C2=O)cc1. The first kappa shape index (κ1) is 18.0.